The molecule has 0 bridgehead atoms. The molecule has 24 heavy (non-hydrogen) atoms. The fraction of sp³-hybridized carbons (Fsp3) is 0.0588. The van der Waals surface area contributed by atoms with Gasteiger partial charge in [0.1, 0.15) is 18.1 Å². The molecule has 0 saturated carbocycles. The highest BCUT2D eigenvalue weighted by Crippen LogP contribution is 2.23. The summed E-state index contributed by atoms with van der Waals surface area (Å²) in [7, 11) is 0. The molecular formula is C17H13N5O2. The van der Waals surface area contributed by atoms with Gasteiger partial charge in [-0.25, -0.2) is 0 Å². The van der Waals surface area contributed by atoms with Gasteiger partial charge in [-0.2, -0.15) is 0 Å². The summed E-state index contributed by atoms with van der Waals surface area (Å²) in [4.78, 5) is 0. The van der Waals surface area contributed by atoms with E-state index in [4.69, 9.17) is 9.47 Å². The minimum absolute atomic E-state index is 0.410. The number of hydrogen-bond acceptors (Lipinski definition) is 6. The van der Waals surface area contributed by atoms with Crippen molar-refractivity contribution in [3.8, 4) is 17.4 Å². The zero-order valence-corrected chi connectivity index (χ0v) is 12.6. The Morgan fingerprint density at radius 3 is 2.46 bits per heavy atom. The van der Waals surface area contributed by atoms with Crippen LogP contribution in [-0.4, -0.2) is 25.3 Å². The van der Waals surface area contributed by atoms with E-state index in [1.54, 1.807) is 12.1 Å². The van der Waals surface area contributed by atoms with E-state index in [0.717, 1.165) is 11.3 Å². The van der Waals surface area contributed by atoms with E-state index in [2.05, 4.69) is 20.6 Å². The lowest BCUT2D eigenvalue weighted by Gasteiger charge is -2.08. The molecule has 118 valence electrons. The van der Waals surface area contributed by atoms with Crippen molar-refractivity contribution in [3.63, 3.8) is 0 Å². The molecule has 2 aromatic carbocycles. The molecular weight excluding hydrogens is 306 g/mol. The van der Waals surface area contributed by atoms with Crippen molar-refractivity contribution in [2.24, 2.45) is 0 Å². The van der Waals surface area contributed by atoms with Gasteiger partial charge in [0, 0.05) is 6.07 Å². The fourth-order valence-corrected chi connectivity index (χ4v) is 2.15. The Morgan fingerprint density at radius 2 is 1.62 bits per heavy atom. The topological polar surface area (TPSA) is 74.4 Å². The normalized spacial score (nSPS) is 10.7. The average Bonchev–Trinajstić information content (AvgIpc) is 3.10. The van der Waals surface area contributed by atoms with Gasteiger partial charge in [-0.3, -0.25) is 0 Å². The molecule has 4 rings (SSSR count). The summed E-state index contributed by atoms with van der Waals surface area (Å²) in [6, 6.07) is 20.8. The minimum Gasteiger partial charge on any atom is -0.489 e. The molecule has 0 fully saturated rings. The van der Waals surface area contributed by atoms with Crippen LogP contribution in [0.25, 0.3) is 5.65 Å². The number of nitrogens with zero attached hydrogens (tertiary/aromatic N) is 5. The van der Waals surface area contributed by atoms with Gasteiger partial charge in [-0.05, 0) is 46.3 Å². The Morgan fingerprint density at radius 1 is 0.833 bits per heavy atom. The quantitative estimate of drug-likeness (QED) is 0.563. The van der Waals surface area contributed by atoms with E-state index >= 15 is 0 Å². The molecule has 2 aromatic heterocycles. The maximum Gasteiger partial charge on any atom is 0.239 e. The van der Waals surface area contributed by atoms with Gasteiger partial charge < -0.3 is 9.47 Å². The Hall–Kier alpha value is -3.48. The summed E-state index contributed by atoms with van der Waals surface area (Å²) in [6.45, 7) is 0.526. The van der Waals surface area contributed by atoms with Crippen LogP contribution in [-0.2, 0) is 6.61 Å². The van der Waals surface area contributed by atoms with Crippen LogP contribution < -0.4 is 9.47 Å². The van der Waals surface area contributed by atoms with Crippen molar-refractivity contribution in [2.45, 2.75) is 6.61 Å². The third-order valence-electron chi connectivity index (χ3n) is 3.34. The molecule has 0 radical (unpaired) electrons. The first-order valence-corrected chi connectivity index (χ1v) is 7.37. The van der Waals surface area contributed by atoms with Crippen LogP contribution in [0.1, 0.15) is 5.56 Å². The molecule has 0 atom stereocenters. The Balaban J connectivity index is 1.41. The highest BCUT2D eigenvalue weighted by atomic mass is 16.5. The first kappa shape index (κ1) is 14.1. The van der Waals surface area contributed by atoms with Crippen LogP contribution >= 0.6 is 0 Å². The number of aromatic nitrogens is 5. The third-order valence-corrected chi connectivity index (χ3v) is 3.34. The van der Waals surface area contributed by atoms with E-state index in [0.29, 0.717) is 23.9 Å². The fourth-order valence-electron chi connectivity index (χ4n) is 2.15. The van der Waals surface area contributed by atoms with E-state index in [1.807, 2.05) is 54.6 Å². The lowest BCUT2D eigenvalue weighted by molar-refractivity contribution is 0.305. The molecule has 0 saturated heterocycles. The van der Waals surface area contributed by atoms with E-state index in [-0.39, 0.29) is 0 Å². The van der Waals surface area contributed by atoms with Crippen molar-refractivity contribution >= 4 is 5.65 Å². The summed E-state index contributed by atoms with van der Waals surface area (Å²) in [5, 5.41) is 15.2. The van der Waals surface area contributed by atoms with Gasteiger partial charge in [-0.15, -0.1) is 14.8 Å². The maximum atomic E-state index is 5.74. The van der Waals surface area contributed by atoms with Gasteiger partial charge in [0.2, 0.25) is 5.88 Å². The highest BCUT2D eigenvalue weighted by Gasteiger charge is 2.03. The monoisotopic (exact) mass is 319 g/mol. The van der Waals surface area contributed by atoms with Crippen molar-refractivity contribution in [1.29, 1.82) is 0 Å². The molecule has 7 heteroatoms. The van der Waals surface area contributed by atoms with Crippen molar-refractivity contribution < 1.29 is 9.47 Å². The molecule has 2 heterocycles. The Kier molecular flexibility index (Phi) is 3.73. The lowest BCUT2D eigenvalue weighted by atomic mass is 10.2. The number of ether oxygens (including phenoxy) is 2. The second kappa shape index (κ2) is 6.33. The molecule has 4 aromatic rings. The van der Waals surface area contributed by atoms with Crippen LogP contribution in [0.5, 0.6) is 17.4 Å². The molecule has 0 aliphatic rings. The number of hydrogen-bond donors (Lipinski definition) is 0. The molecule has 0 unspecified atom stereocenters. The zero-order chi connectivity index (χ0) is 16.2. The molecule has 0 N–H and O–H groups in total. The van der Waals surface area contributed by atoms with E-state index in [1.165, 1.54) is 4.63 Å². The number of benzene rings is 2. The SMILES string of the molecule is c1ccc(COc2ccc(Oc3ccc4nnnn4n3)cc2)cc1. The number of rotatable bonds is 5. The molecule has 0 aliphatic carbocycles. The van der Waals surface area contributed by atoms with Crippen LogP contribution in [0.2, 0.25) is 0 Å². The smallest absolute Gasteiger partial charge is 0.239 e. The number of tetrazole rings is 1. The van der Waals surface area contributed by atoms with Crippen LogP contribution in [0.15, 0.2) is 66.7 Å². The highest BCUT2D eigenvalue weighted by molar-refractivity contribution is 5.37. The predicted molar refractivity (Wildman–Crippen MR) is 85.9 cm³/mol. The molecule has 0 amide bonds. The van der Waals surface area contributed by atoms with Crippen molar-refractivity contribution in [3.05, 3.63) is 72.3 Å². The van der Waals surface area contributed by atoms with E-state index in [9.17, 15) is 0 Å². The average molecular weight is 319 g/mol. The van der Waals surface area contributed by atoms with Gasteiger partial charge in [0.25, 0.3) is 0 Å². The molecule has 0 aliphatic heterocycles. The molecule has 7 nitrogen and oxygen atoms in total. The Labute approximate surface area is 137 Å². The summed E-state index contributed by atoms with van der Waals surface area (Å²) in [5.41, 5.74) is 1.68. The van der Waals surface area contributed by atoms with Gasteiger partial charge in [-0.1, -0.05) is 30.3 Å². The van der Waals surface area contributed by atoms with Crippen LogP contribution in [0.4, 0.5) is 0 Å². The standard InChI is InChI=1S/C17H13N5O2/c1-2-4-13(5-3-1)12-23-14-6-8-15(9-7-14)24-17-11-10-16-18-20-21-22(16)19-17/h1-11H,12H2. The van der Waals surface area contributed by atoms with Crippen molar-refractivity contribution in [1.82, 2.24) is 25.3 Å². The number of fused-ring (bicyclic) bond motifs is 1. The predicted octanol–water partition coefficient (Wildman–Crippen LogP) is 2.89. The maximum absolute atomic E-state index is 5.74. The third kappa shape index (κ3) is 3.14. The second-order valence-electron chi connectivity index (χ2n) is 5.05. The van der Waals surface area contributed by atoms with E-state index < -0.39 is 0 Å². The van der Waals surface area contributed by atoms with Crippen molar-refractivity contribution in [2.75, 3.05) is 0 Å². The summed E-state index contributed by atoms with van der Waals surface area (Å²) < 4.78 is 12.7. The largest absolute Gasteiger partial charge is 0.489 e. The van der Waals surface area contributed by atoms with Gasteiger partial charge >= 0.3 is 0 Å². The minimum atomic E-state index is 0.410. The second-order valence-corrected chi connectivity index (χ2v) is 5.05. The van der Waals surface area contributed by atoms with Gasteiger partial charge in [0.05, 0.1) is 0 Å². The summed E-state index contributed by atoms with van der Waals surface area (Å²) in [5.74, 6) is 1.84. The van der Waals surface area contributed by atoms with Gasteiger partial charge in [0.15, 0.2) is 5.65 Å². The van der Waals surface area contributed by atoms with Crippen LogP contribution in [0, 0.1) is 0 Å². The van der Waals surface area contributed by atoms with Crippen LogP contribution in [0.3, 0.4) is 0 Å². The lowest BCUT2D eigenvalue weighted by Crippen LogP contribution is -1.97. The Bertz CT molecular complexity index is 938. The first-order valence-electron chi connectivity index (χ1n) is 7.37. The summed E-state index contributed by atoms with van der Waals surface area (Å²) in [6.07, 6.45) is 0. The zero-order valence-electron chi connectivity index (χ0n) is 12.6. The first-order chi connectivity index (χ1) is 11.9. The summed E-state index contributed by atoms with van der Waals surface area (Å²) >= 11 is 0. The molecule has 0 spiro atoms.